The molecule has 104 valence electrons. The highest BCUT2D eigenvalue weighted by atomic mass is 79.9. The normalized spacial score (nSPS) is 14.8. The highest BCUT2D eigenvalue weighted by Crippen LogP contribution is 2.41. The maximum Gasteiger partial charge on any atom is 0.127 e. The zero-order valence-corrected chi connectivity index (χ0v) is 13.3. The van der Waals surface area contributed by atoms with Crippen LogP contribution in [0.15, 0.2) is 34.8 Å². The molecule has 1 aliphatic rings. The molecule has 0 saturated heterocycles. The molecule has 4 heteroatoms. The van der Waals surface area contributed by atoms with E-state index in [9.17, 15) is 4.39 Å². The predicted molar refractivity (Wildman–Crippen MR) is 82.2 cm³/mol. The van der Waals surface area contributed by atoms with Crippen molar-refractivity contribution in [3.63, 3.8) is 0 Å². The Balaban J connectivity index is 2.08. The number of hydrogen-bond acceptors (Lipinski definition) is 1. The van der Waals surface area contributed by atoms with Gasteiger partial charge in [-0.25, -0.2) is 4.39 Å². The second kappa shape index (κ2) is 5.38. The largest absolute Gasteiger partial charge is 0.493 e. The molecule has 0 spiro atoms. The lowest BCUT2D eigenvalue weighted by atomic mass is 9.99. The molecule has 2 aromatic rings. The summed E-state index contributed by atoms with van der Waals surface area (Å²) in [6.07, 6.45) is 0.883. The fraction of sp³-hybridized carbons (Fsp3) is 0.250. The third-order valence-corrected chi connectivity index (χ3v) is 4.35. The Morgan fingerprint density at radius 2 is 2.05 bits per heavy atom. The number of hydrogen-bond donors (Lipinski definition) is 0. The summed E-state index contributed by atoms with van der Waals surface area (Å²) >= 11 is 10.1. The molecule has 0 bridgehead atoms. The average molecular weight is 356 g/mol. The maximum atomic E-state index is 13.6. The molecule has 0 N–H and O–H groups in total. The minimum Gasteiger partial charge on any atom is -0.493 e. The quantitative estimate of drug-likeness (QED) is 0.676. The third-order valence-electron chi connectivity index (χ3n) is 3.41. The maximum absolute atomic E-state index is 13.6. The summed E-state index contributed by atoms with van der Waals surface area (Å²) in [5.41, 5.74) is 3.64. The minimum atomic E-state index is -0.422. The van der Waals surface area contributed by atoms with E-state index in [2.05, 4.69) is 15.9 Å². The molecular weight excluding hydrogens is 343 g/mol. The molecule has 20 heavy (non-hydrogen) atoms. The van der Waals surface area contributed by atoms with Crippen molar-refractivity contribution in [3.05, 3.63) is 62.9 Å². The summed E-state index contributed by atoms with van der Waals surface area (Å²) in [5, 5.41) is -0.422. The number of ether oxygens (including phenoxy) is 1. The molecule has 0 fully saturated rings. The summed E-state index contributed by atoms with van der Waals surface area (Å²) in [4.78, 5) is 0. The summed E-state index contributed by atoms with van der Waals surface area (Å²) < 4.78 is 20.2. The number of aryl methyl sites for hydroxylation is 1. The highest BCUT2D eigenvalue weighted by molar-refractivity contribution is 9.10. The molecule has 1 aliphatic heterocycles. The molecule has 1 heterocycles. The van der Waals surface area contributed by atoms with Gasteiger partial charge in [-0.2, -0.15) is 0 Å². The van der Waals surface area contributed by atoms with Crippen LogP contribution in [-0.2, 0) is 6.42 Å². The summed E-state index contributed by atoms with van der Waals surface area (Å²) in [6.45, 7) is 2.53. The van der Waals surface area contributed by atoms with Crippen molar-refractivity contribution in [2.45, 2.75) is 18.7 Å². The van der Waals surface area contributed by atoms with Crippen LogP contribution in [0.3, 0.4) is 0 Å². The Morgan fingerprint density at radius 1 is 1.25 bits per heavy atom. The topological polar surface area (TPSA) is 9.23 Å². The van der Waals surface area contributed by atoms with E-state index in [1.807, 2.05) is 25.1 Å². The molecule has 1 atom stereocenters. The fourth-order valence-corrected chi connectivity index (χ4v) is 3.39. The van der Waals surface area contributed by atoms with Gasteiger partial charge in [-0.3, -0.25) is 0 Å². The van der Waals surface area contributed by atoms with Crippen molar-refractivity contribution < 1.29 is 9.13 Å². The zero-order chi connectivity index (χ0) is 14.3. The molecular formula is C16H13BrClFO. The molecule has 0 aliphatic carbocycles. The standard InChI is InChI=1S/C16H13BrClFO/c1-9-4-11(7-13(19)5-9)15(18)14-8-12(17)6-10-2-3-20-16(10)14/h4-8,15H,2-3H2,1H3. The van der Waals surface area contributed by atoms with Crippen LogP contribution in [0.1, 0.15) is 27.6 Å². The van der Waals surface area contributed by atoms with Crippen LogP contribution < -0.4 is 4.74 Å². The number of rotatable bonds is 2. The number of halogens is 3. The van der Waals surface area contributed by atoms with E-state index in [0.29, 0.717) is 6.61 Å². The van der Waals surface area contributed by atoms with Crippen LogP contribution >= 0.6 is 27.5 Å². The molecule has 1 unspecified atom stereocenters. The molecule has 3 rings (SSSR count). The van der Waals surface area contributed by atoms with Gasteiger partial charge in [-0.15, -0.1) is 11.6 Å². The SMILES string of the molecule is Cc1cc(F)cc(C(Cl)c2cc(Br)cc3c2OCC3)c1. The lowest BCUT2D eigenvalue weighted by molar-refractivity contribution is 0.353. The van der Waals surface area contributed by atoms with E-state index < -0.39 is 5.38 Å². The van der Waals surface area contributed by atoms with Gasteiger partial charge in [0, 0.05) is 16.5 Å². The first kappa shape index (κ1) is 13.9. The van der Waals surface area contributed by atoms with E-state index in [-0.39, 0.29) is 5.82 Å². The monoisotopic (exact) mass is 354 g/mol. The second-order valence-corrected chi connectivity index (χ2v) is 6.36. The highest BCUT2D eigenvalue weighted by Gasteiger charge is 2.23. The van der Waals surface area contributed by atoms with Crippen LogP contribution in [0.2, 0.25) is 0 Å². The van der Waals surface area contributed by atoms with Crippen molar-refractivity contribution in [1.29, 1.82) is 0 Å². The summed E-state index contributed by atoms with van der Waals surface area (Å²) in [7, 11) is 0. The van der Waals surface area contributed by atoms with Crippen LogP contribution in [0.5, 0.6) is 5.75 Å². The fourth-order valence-electron chi connectivity index (χ4n) is 2.58. The van der Waals surface area contributed by atoms with Gasteiger partial charge in [0.1, 0.15) is 11.6 Å². The smallest absolute Gasteiger partial charge is 0.127 e. The first-order valence-corrected chi connectivity index (χ1v) is 7.64. The number of alkyl halides is 1. The van der Waals surface area contributed by atoms with Gasteiger partial charge in [-0.05, 0) is 47.9 Å². The van der Waals surface area contributed by atoms with Crippen LogP contribution in [-0.4, -0.2) is 6.61 Å². The van der Waals surface area contributed by atoms with Gasteiger partial charge >= 0.3 is 0 Å². The molecule has 0 aromatic heterocycles. The molecule has 0 radical (unpaired) electrons. The van der Waals surface area contributed by atoms with Crippen molar-refractivity contribution in [2.24, 2.45) is 0 Å². The third kappa shape index (κ3) is 2.57. The zero-order valence-electron chi connectivity index (χ0n) is 10.9. The average Bonchev–Trinajstić information content (AvgIpc) is 2.83. The van der Waals surface area contributed by atoms with Gasteiger partial charge in [-0.1, -0.05) is 22.0 Å². The Labute approximate surface area is 130 Å². The van der Waals surface area contributed by atoms with E-state index >= 15 is 0 Å². The van der Waals surface area contributed by atoms with Gasteiger partial charge in [0.2, 0.25) is 0 Å². The lowest BCUT2D eigenvalue weighted by Crippen LogP contribution is -1.99. The second-order valence-electron chi connectivity index (χ2n) is 5.01. The van der Waals surface area contributed by atoms with Crippen LogP contribution in [0.25, 0.3) is 0 Å². The van der Waals surface area contributed by atoms with Crippen molar-refractivity contribution >= 4 is 27.5 Å². The number of fused-ring (bicyclic) bond motifs is 1. The summed E-state index contributed by atoms with van der Waals surface area (Å²) in [5.74, 6) is 0.577. The van der Waals surface area contributed by atoms with Gasteiger partial charge in [0.25, 0.3) is 0 Å². The van der Waals surface area contributed by atoms with Crippen molar-refractivity contribution in [1.82, 2.24) is 0 Å². The Kier molecular flexibility index (Phi) is 3.74. The van der Waals surface area contributed by atoms with E-state index in [4.69, 9.17) is 16.3 Å². The molecule has 2 aromatic carbocycles. The van der Waals surface area contributed by atoms with Crippen molar-refractivity contribution in [2.75, 3.05) is 6.61 Å². The van der Waals surface area contributed by atoms with Gasteiger partial charge in [0.05, 0.1) is 12.0 Å². The molecule has 0 amide bonds. The van der Waals surface area contributed by atoms with Crippen LogP contribution in [0.4, 0.5) is 4.39 Å². The van der Waals surface area contributed by atoms with E-state index in [0.717, 1.165) is 38.9 Å². The predicted octanol–water partition coefficient (Wildman–Crippen LogP) is 5.16. The first-order valence-electron chi connectivity index (χ1n) is 6.41. The van der Waals surface area contributed by atoms with Crippen molar-refractivity contribution in [3.8, 4) is 5.75 Å². The summed E-state index contributed by atoms with van der Waals surface area (Å²) in [6, 6.07) is 8.87. The lowest BCUT2D eigenvalue weighted by Gasteiger charge is -2.15. The molecule has 0 saturated carbocycles. The van der Waals surface area contributed by atoms with Crippen LogP contribution in [0, 0.1) is 12.7 Å². The Hall–Kier alpha value is -1.06. The van der Waals surface area contributed by atoms with Gasteiger partial charge in [0.15, 0.2) is 0 Å². The van der Waals surface area contributed by atoms with E-state index in [1.54, 1.807) is 0 Å². The minimum absolute atomic E-state index is 0.266. The number of benzene rings is 2. The van der Waals surface area contributed by atoms with Gasteiger partial charge < -0.3 is 4.74 Å². The molecule has 1 nitrogen and oxygen atoms in total. The Morgan fingerprint density at radius 3 is 2.80 bits per heavy atom. The first-order chi connectivity index (χ1) is 9.54. The Bertz CT molecular complexity index is 652. The van der Waals surface area contributed by atoms with E-state index in [1.165, 1.54) is 12.1 Å².